The summed E-state index contributed by atoms with van der Waals surface area (Å²) in [6, 6.07) is 17.5. The Morgan fingerprint density at radius 3 is 2.19 bits per heavy atom. The molecule has 1 fully saturated rings. The Morgan fingerprint density at radius 1 is 0.962 bits per heavy atom. The van der Waals surface area contributed by atoms with Crippen LogP contribution < -0.4 is 9.62 Å². The number of piperazine rings is 1. The van der Waals surface area contributed by atoms with Crippen LogP contribution in [-0.4, -0.2) is 52.1 Å². The Morgan fingerprint density at radius 2 is 1.58 bits per heavy atom. The van der Waals surface area contributed by atoms with Crippen LogP contribution in [0, 0.1) is 6.92 Å². The SMILES string of the molecule is Cc1ccc(S(=O)(=O)NCC(C)N2CCN(c3ccccc3)CC2)cc1. The number of aryl methyl sites for hydroxylation is 1. The highest BCUT2D eigenvalue weighted by atomic mass is 32.2. The molecule has 5 nitrogen and oxygen atoms in total. The topological polar surface area (TPSA) is 52.7 Å². The van der Waals surface area contributed by atoms with E-state index >= 15 is 0 Å². The van der Waals surface area contributed by atoms with Gasteiger partial charge >= 0.3 is 0 Å². The average molecular weight is 374 g/mol. The predicted octanol–water partition coefficient (Wildman–Crippen LogP) is 2.48. The van der Waals surface area contributed by atoms with Gasteiger partial charge < -0.3 is 4.90 Å². The van der Waals surface area contributed by atoms with Crippen molar-refractivity contribution in [3.8, 4) is 0 Å². The molecule has 0 amide bonds. The average Bonchev–Trinajstić information content (AvgIpc) is 2.67. The van der Waals surface area contributed by atoms with Gasteiger partial charge in [-0.15, -0.1) is 0 Å². The highest BCUT2D eigenvalue weighted by Gasteiger charge is 2.23. The number of sulfonamides is 1. The molecule has 6 heteroatoms. The Labute approximate surface area is 156 Å². The van der Waals surface area contributed by atoms with E-state index in [9.17, 15) is 8.42 Å². The highest BCUT2D eigenvalue weighted by Crippen LogP contribution is 2.17. The fraction of sp³-hybridized carbons (Fsp3) is 0.400. The lowest BCUT2D eigenvalue weighted by Crippen LogP contribution is -2.52. The minimum atomic E-state index is -3.45. The standard InChI is InChI=1S/C20H27N3O2S/c1-17-8-10-20(11-9-17)26(24,25)21-16-18(2)22-12-14-23(15-13-22)19-6-4-3-5-7-19/h3-11,18,21H,12-16H2,1-2H3. The number of nitrogens with one attached hydrogen (secondary N) is 1. The van der Waals surface area contributed by atoms with Crippen molar-refractivity contribution in [2.45, 2.75) is 24.8 Å². The summed E-state index contributed by atoms with van der Waals surface area (Å²) in [6.07, 6.45) is 0. The van der Waals surface area contributed by atoms with E-state index in [1.165, 1.54) is 5.69 Å². The Hall–Kier alpha value is -1.89. The molecule has 0 aliphatic carbocycles. The van der Waals surface area contributed by atoms with Crippen molar-refractivity contribution in [2.24, 2.45) is 0 Å². The number of para-hydroxylation sites is 1. The molecule has 1 N–H and O–H groups in total. The first-order valence-electron chi connectivity index (χ1n) is 9.06. The Kier molecular flexibility index (Phi) is 5.96. The minimum absolute atomic E-state index is 0.160. The number of hydrogen-bond acceptors (Lipinski definition) is 4. The molecule has 0 saturated carbocycles. The monoisotopic (exact) mass is 373 g/mol. The van der Waals surface area contributed by atoms with Gasteiger partial charge in [0.25, 0.3) is 0 Å². The zero-order chi connectivity index (χ0) is 18.6. The predicted molar refractivity (Wildman–Crippen MR) is 106 cm³/mol. The minimum Gasteiger partial charge on any atom is -0.369 e. The summed E-state index contributed by atoms with van der Waals surface area (Å²) in [5.41, 5.74) is 2.30. The normalized spacial score (nSPS) is 17.2. The molecule has 1 aliphatic rings. The molecule has 0 bridgehead atoms. The van der Waals surface area contributed by atoms with Crippen molar-refractivity contribution in [2.75, 3.05) is 37.6 Å². The van der Waals surface area contributed by atoms with E-state index in [4.69, 9.17) is 0 Å². The lowest BCUT2D eigenvalue weighted by molar-refractivity contribution is 0.198. The van der Waals surface area contributed by atoms with Gasteiger partial charge in [-0.25, -0.2) is 13.1 Å². The third-order valence-electron chi connectivity index (χ3n) is 4.96. The molecule has 1 atom stereocenters. The third-order valence-corrected chi connectivity index (χ3v) is 6.40. The summed E-state index contributed by atoms with van der Waals surface area (Å²) in [4.78, 5) is 5.04. The molecule has 2 aromatic rings. The number of nitrogens with zero attached hydrogens (tertiary/aromatic N) is 2. The van der Waals surface area contributed by atoms with Gasteiger partial charge in [-0.3, -0.25) is 4.90 Å². The second-order valence-electron chi connectivity index (χ2n) is 6.87. The molecule has 2 aromatic carbocycles. The van der Waals surface area contributed by atoms with Gasteiger partial charge in [-0.1, -0.05) is 35.9 Å². The molecule has 0 radical (unpaired) electrons. The molecule has 0 spiro atoms. The van der Waals surface area contributed by atoms with Gasteiger partial charge in [-0.2, -0.15) is 0 Å². The first-order valence-corrected chi connectivity index (χ1v) is 10.5. The van der Waals surface area contributed by atoms with Crippen LogP contribution in [-0.2, 0) is 10.0 Å². The smallest absolute Gasteiger partial charge is 0.240 e. The summed E-state index contributed by atoms with van der Waals surface area (Å²) in [5, 5.41) is 0. The van der Waals surface area contributed by atoms with E-state index in [-0.39, 0.29) is 6.04 Å². The van der Waals surface area contributed by atoms with Gasteiger partial charge in [-0.05, 0) is 38.1 Å². The first-order chi connectivity index (χ1) is 12.5. The molecule has 1 aliphatic heterocycles. The fourth-order valence-corrected chi connectivity index (χ4v) is 4.34. The van der Waals surface area contributed by atoms with E-state index in [1.807, 2.05) is 25.1 Å². The summed E-state index contributed by atoms with van der Waals surface area (Å²) < 4.78 is 27.6. The maximum Gasteiger partial charge on any atom is 0.240 e. The van der Waals surface area contributed by atoms with Crippen LogP contribution in [0.15, 0.2) is 59.5 Å². The molecule has 1 saturated heterocycles. The van der Waals surface area contributed by atoms with Crippen LogP contribution in [0.2, 0.25) is 0 Å². The van der Waals surface area contributed by atoms with Crippen LogP contribution >= 0.6 is 0 Å². The van der Waals surface area contributed by atoms with Crippen molar-refractivity contribution < 1.29 is 8.42 Å². The van der Waals surface area contributed by atoms with E-state index in [2.05, 4.69) is 45.7 Å². The van der Waals surface area contributed by atoms with Crippen molar-refractivity contribution in [3.05, 3.63) is 60.2 Å². The van der Waals surface area contributed by atoms with Crippen LogP contribution in [0.1, 0.15) is 12.5 Å². The van der Waals surface area contributed by atoms with E-state index in [0.29, 0.717) is 11.4 Å². The van der Waals surface area contributed by atoms with Crippen LogP contribution in [0.4, 0.5) is 5.69 Å². The summed E-state index contributed by atoms with van der Waals surface area (Å²) in [7, 11) is -3.45. The van der Waals surface area contributed by atoms with Crippen molar-refractivity contribution in [1.82, 2.24) is 9.62 Å². The summed E-state index contributed by atoms with van der Waals surface area (Å²) in [6.45, 7) is 8.22. The van der Waals surface area contributed by atoms with Crippen molar-refractivity contribution >= 4 is 15.7 Å². The molecule has 26 heavy (non-hydrogen) atoms. The number of anilines is 1. The number of hydrogen-bond donors (Lipinski definition) is 1. The lowest BCUT2D eigenvalue weighted by atomic mass is 10.2. The molecular formula is C20H27N3O2S. The van der Waals surface area contributed by atoms with E-state index in [1.54, 1.807) is 12.1 Å². The highest BCUT2D eigenvalue weighted by molar-refractivity contribution is 7.89. The van der Waals surface area contributed by atoms with Crippen molar-refractivity contribution in [3.63, 3.8) is 0 Å². The molecule has 3 rings (SSSR count). The quantitative estimate of drug-likeness (QED) is 0.845. The van der Waals surface area contributed by atoms with E-state index < -0.39 is 10.0 Å². The van der Waals surface area contributed by atoms with Crippen LogP contribution in [0.25, 0.3) is 0 Å². The molecular weight excluding hydrogens is 346 g/mol. The third kappa shape index (κ3) is 4.63. The number of benzene rings is 2. The van der Waals surface area contributed by atoms with Crippen molar-refractivity contribution in [1.29, 1.82) is 0 Å². The van der Waals surface area contributed by atoms with Crippen LogP contribution in [0.5, 0.6) is 0 Å². The second kappa shape index (κ2) is 8.20. The Bertz CT molecular complexity index is 799. The lowest BCUT2D eigenvalue weighted by Gasteiger charge is -2.39. The largest absolute Gasteiger partial charge is 0.369 e. The molecule has 140 valence electrons. The van der Waals surface area contributed by atoms with Gasteiger partial charge in [0.1, 0.15) is 0 Å². The van der Waals surface area contributed by atoms with Crippen LogP contribution in [0.3, 0.4) is 0 Å². The van der Waals surface area contributed by atoms with Gasteiger partial charge in [0.2, 0.25) is 10.0 Å². The number of rotatable bonds is 6. The summed E-state index contributed by atoms with van der Waals surface area (Å²) in [5.74, 6) is 0. The maximum atomic E-state index is 12.4. The van der Waals surface area contributed by atoms with Gasteiger partial charge in [0, 0.05) is 44.5 Å². The summed E-state index contributed by atoms with van der Waals surface area (Å²) >= 11 is 0. The molecule has 1 unspecified atom stereocenters. The fourth-order valence-electron chi connectivity index (χ4n) is 3.22. The maximum absolute atomic E-state index is 12.4. The molecule has 1 heterocycles. The zero-order valence-electron chi connectivity index (χ0n) is 15.4. The second-order valence-corrected chi connectivity index (χ2v) is 8.64. The first kappa shape index (κ1) is 18.9. The van der Waals surface area contributed by atoms with Gasteiger partial charge in [0.05, 0.1) is 4.90 Å². The zero-order valence-corrected chi connectivity index (χ0v) is 16.2. The van der Waals surface area contributed by atoms with E-state index in [0.717, 1.165) is 31.7 Å². The molecule has 0 aromatic heterocycles. The van der Waals surface area contributed by atoms with Gasteiger partial charge in [0.15, 0.2) is 0 Å². The Balaban J connectivity index is 1.51.